The number of carbonyl (C=O) groups is 1. The molecule has 0 saturated heterocycles. The topological polar surface area (TPSA) is 41.1 Å². The first-order valence-electron chi connectivity index (χ1n) is 7.81. The molecule has 0 aromatic heterocycles. The van der Waals surface area contributed by atoms with Gasteiger partial charge in [0.2, 0.25) is 5.91 Å². The second-order valence-corrected chi connectivity index (χ2v) is 5.56. The van der Waals surface area contributed by atoms with Gasteiger partial charge in [0, 0.05) is 5.69 Å². The highest BCUT2D eigenvalue weighted by Crippen LogP contribution is 2.13. The van der Waals surface area contributed by atoms with Crippen molar-refractivity contribution >= 4 is 11.6 Å². The molecule has 2 atom stereocenters. The molecule has 0 aliphatic heterocycles. The third kappa shape index (κ3) is 4.35. The second kappa shape index (κ2) is 7.64. The lowest BCUT2D eigenvalue weighted by Gasteiger charge is -2.19. The van der Waals surface area contributed by atoms with Crippen molar-refractivity contribution in [2.45, 2.75) is 39.3 Å². The molecule has 2 aromatic carbocycles. The summed E-state index contributed by atoms with van der Waals surface area (Å²) in [6.07, 6.45) is 1.02. The van der Waals surface area contributed by atoms with Gasteiger partial charge in [0.05, 0.1) is 6.04 Å². The SMILES string of the molecule is CCc1ccc(N[C@@H](C)C(=O)N[C@@H](C)c2ccccc2)cc1. The molecule has 0 aliphatic carbocycles. The molecule has 0 radical (unpaired) electrons. The van der Waals surface area contributed by atoms with Crippen LogP contribution in [0.1, 0.15) is 37.9 Å². The Bertz CT molecular complexity index is 593. The van der Waals surface area contributed by atoms with E-state index in [1.807, 2.05) is 56.3 Å². The molecule has 0 saturated carbocycles. The van der Waals surface area contributed by atoms with E-state index in [0.717, 1.165) is 17.7 Å². The molecule has 1 amide bonds. The van der Waals surface area contributed by atoms with Gasteiger partial charge in [-0.1, -0.05) is 49.4 Å². The van der Waals surface area contributed by atoms with E-state index in [9.17, 15) is 4.79 Å². The maximum absolute atomic E-state index is 12.3. The maximum Gasteiger partial charge on any atom is 0.242 e. The lowest BCUT2D eigenvalue weighted by atomic mass is 10.1. The summed E-state index contributed by atoms with van der Waals surface area (Å²) in [6, 6.07) is 17.9. The van der Waals surface area contributed by atoms with Crippen molar-refractivity contribution in [3.05, 3.63) is 65.7 Å². The molecular weight excluding hydrogens is 272 g/mol. The van der Waals surface area contributed by atoms with Gasteiger partial charge in [0.15, 0.2) is 0 Å². The predicted octanol–water partition coefficient (Wildman–Crippen LogP) is 3.93. The molecule has 0 aliphatic rings. The third-order valence-corrected chi connectivity index (χ3v) is 3.80. The zero-order valence-corrected chi connectivity index (χ0v) is 13.5. The minimum absolute atomic E-state index is 0.000386. The first-order valence-corrected chi connectivity index (χ1v) is 7.81. The van der Waals surface area contributed by atoms with Crippen molar-refractivity contribution in [1.29, 1.82) is 0 Å². The highest BCUT2D eigenvalue weighted by molar-refractivity contribution is 5.84. The lowest BCUT2D eigenvalue weighted by molar-refractivity contribution is -0.122. The number of hydrogen-bond acceptors (Lipinski definition) is 2. The Morgan fingerprint density at radius 1 is 1.00 bits per heavy atom. The maximum atomic E-state index is 12.3. The van der Waals surface area contributed by atoms with Crippen molar-refractivity contribution < 1.29 is 4.79 Å². The Balaban J connectivity index is 1.91. The molecule has 2 N–H and O–H groups in total. The smallest absolute Gasteiger partial charge is 0.242 e. The van der Waals surface area contributed by atoms with Crippen LogP contribution < -0.4 is 10.6 Å². The van der Waals surface area contributed by atoms with Gasteiger partial charge in [-0.05, 0) is 43.5 Å². The van der Waals surface area contributed by atoms with Gasteiger partial charge >= 0.3 is 0 Å². The van der Waals surface area contributed by atoms with Gasteiger partial charge < -0.3 is 10.6 Å². The number of nitrogens with one attached hydrogen (secondary N) is 2. The summed E-state index contributed by atoms with van der Waals surface area (Å²) < 4.78 is 0. The van der Waals surface area contributed by atoms with E-state index in [-0.39, 0.29) is 18.0 Å². The first-order chi connectivity index (χ1) is 10.6. The van der Waals surface area contributed by atoms with Crippen LogP contribution in [-0.2, 0) is 11.2 Å². The lowest BCUT2D eigenvalue weighted by Crippen LogP contribution is -2.38. The van der Waals surface area contributed by atoms with Crippen molar-refractivity contribution in [3.8, 4) is 0 Å². The molecule has 3 heteroatoms. The van der Waals surface area contributed by atoms with Crippen LogP contribution in [0.5, 0.6) is 0 Å². The van der Waals surface area contributed by atoms with Gasteiger partial charge in [-0.2, -0.15) is 0 Å². The summed E-state index contributed by atoms with van der Waals surface area (Å²) in [4.78, 5) is 12.3. The summed E-state index contributed by atoms with van der Waals surface area (Å²) >= 11 is 0. The Morgan fingerprint density at radius 3 is 2.23 bits per heavy atom. The first kappa shape index (κ1) is 16.1. The van der Waals surface area contributed by atoms with E-state index in [1.165, 1.54) is 5.56 Å². The number of aryl methyl sites for hydroxylation is 1. The zero-order chi connectivity index (χ0) is 15.9. The molecule has 0 unspecified atom stereocenters. The zero-order valence-electron chi connectivity index (χ0n) is 13.5. The van der Waals surface area contributed by atoms with E-state index in [0.29, 0.717) is 0 Å². The van der Waals surface area contributed by atoms with Crippen molar-refractivity contribution in [3.63, 3.8) is 0 Å². The minimum atomic E-state index is -0.279. The highest BCUT2D eigenvalue weighted by Gasteiger charge is 2.15. The van der Waals surface area contributed by atoms with Crippen molar-refractivity contribution in [2.24, 2.45) is 0 Å². The van der Waals surface area contributed by atoms with Crippen LogP contribution in [-0.4, -0.2) is 11.9 Å². The van der Waals surface area contributed by atoms with Crippen LogP contribution in [0.2, 0.25) is 0 Å². The Morgan fingerprint density at radius 2 is 1.64 bits per heavy atom. The summed E-state index contributed by atoms with van der Waals surface area (Å²) in [5.74, 6) is -0.00378. The summed E-state index contributed by atoms with van der Waals surface area (Å²) in [5.41, 5.74) is 3.36. The monoisotopic (exact) mass is 296 g/mol. The van der Waals surface area contributed by atoms with E-state index in [2.05, 4.69) is 29.7 Å². The summed E-state index contributed by atoms with van der Waals surface area (Å²) in [7, 11) is 0. The van der Waals surface area contributed by atoms with E-state index in [4.69, 9.17) is 0 Å². The van der Waals surface area contributed by atoms with Crippen LogP contribution in [0.3, 0.4) is 0 Å². The number of rotatable bonds is 6. The second-order valence-electron chi connectivity index (χ2n) is 5.56. The Hall–Kier alpha value is -2.29. The van der Waals surface area contributed by atoms with E-state index < -0.39 is 0 Å². The average molecular weight is 296 g/mol. The predicted molar refractivity (Wildman–Crippen MR) is 91.9 cm³/mol. The quantitative estimate of drug-likeness (QED) is 0.848. The average Bonchev–Trinajstić information content (AvgIpc) is 2.56. The Kier molecular flexibility index (Phi) is 5.59. The van der Waals surface area contributed by atoms with Gasteiger partial charge in [-0.25, -0.2) is 0 Å². The van der Waals surface area contributed by atoms with Crippen molar-refractivity contribution in [2.75, 3.05) is 5.32 Å². The normalized spacial score (nSPS) is 13.2. The molecule has 116 valence electrons. The summed E-state index contributed by atoms with van der Waals surface area (Å²) in [6.45, 7) is 6.00. The molecule has 3 nitrogen and oxygen atoms in total. The molecule has 0 heterocycles. The molecule has 0 spiro atoms. The molecule has 0 fully saturated rings. The molecule has 2 rings (SSSR count). The van der Waals surface area contributed by atoms with Gasteiger partial charge in [-0.15, -0.1) is 0 Å². The van der Waals surface area contributed by atoms with Gasteiger partial charge in [0.25, 0.3) is 0 Å². The van der Waals surface area contributed by atoms with Crippen LogP contribution in [0.15, 0.2) is 54.6 Å². The third-order valence-electron chi connectivity index (χ3n) is 3.80. The highest BCUT2D eigenvalue weighted by atomic mass is 16.2. The van der Waals surface area contributed by atoms with E-state index in [1.54, 1.807) is 0 Å². The fourth-order valence-electron chi connectivity index (χ4n) is 2.32. The standard InChI is InChI=1S/C19H24N2O/c1-4-16-10-12-18(13-11-16)20-15(3)19(22)21-14(2)17-8-6-5-7-9-17/h5-15,20H,4H2,1-3H3,(H,21,22)/t14-,15-/m0/s1. The number of hydrogen-bond donors (Lipinski definition) is 2. The largest absolute Gasteiger partial charge is 0.374 e. The number of carbonyl (C=O) groups excluding carboxylic acids is 1. The van der Waals surface area contributed by atoms with Crippen LogP contribution in [0.25, 0.3) is 0 Å². The molecule has 0 bridgehead atoms. The molecular formula is C19H24N2O. The van der Waals surface area contributed by atoms with E-state index >= 15 is 0 Å². The van der Waals surface area contributed by atoms with Crippen LogP contribution >= 0.6 is 0 Å². The van der Waals surface area contributed by atoms with Crippen LogP contribution in [0.4, 0.5) is 5.69 Å². The minimum Gasteiger partial charge on any atom is -0.374 e. The number of benzene rings is 2. The van der Waals surface area contributed by atoms with Gasteiger partial charge in [0.1, 0.15) is 6.04 Å². The van der Waals surface area contributed by atoms with Gasteiger partial charge in [-0.3, -0.25) is 4.79 Å². The number of amides is 1. The molecule has 22 heavy (non-hydrogen) atoms. The van der Waals surface area contributed by atoms with Crippen LogP contribution in [0, 0.1) is 0 Å². The molecule has 2 aromatic rings. The fourth-order valence-corrected chi connectivity index (χ4v) is 2.32. The fraction of sp³-hybridized carbons (Fsp3) is 0.316. The Labute approximate surface area is 132 Å². The van der Waals surface area contributed by atoms with Crippen molar-refractivity contribution in [1.82, 2.24) is 5.32 Å². The number of anilines is 1. The summed E-state index contributed by atoms with van der Waals surface area (Å²) in [5, 5.41) is 6.28.